The molecule has 1 aliphatic rings. The van der Waals surface area contributed by atoms with E-state index >= 15 is 0 Å². The quantitative estimate of drug-likeness (QED) is 0.369. The second-order valence-electron chi connectivity index (χ2n) is 3.91. The van der Waals surface area contributed by atoms with E-state index in [1.807, 2.05) is 0 Å². The Labute approximate surface area is 122 Å². The van der Waals surface area contributed by atoms with Gasteiger partial charge in [0.15, 0.2) is 0 Å². The molecule has 0 bridgehead atoms. The molecule has 3 N–H and O–H groups in total. The van der Waals surface area contributed by atoms with Crippen molar-refractivity contribution in [1.29, 1.82) is 0 Å². The minimum absolute atomic E-state index is 0. The van der Waals surface area contributed by atoms with Crippen molar-refractivity contribution in [1.82, 2.24) is 0 Å². The standard InChI is InChI=1S/C8H12O7S.Na.H/c9-7(10)4-1-5(8(11)12)3-6(2-4)16(13,14)15;;/h4-6H,1-3H2,(H,9,10)(H,11,12)(H,13,14,15);;/q;+1;-1. The molecule has 17 heavy (non-hydrogen) atoms. The predicted octanol–water partition coefficient (Wildman–Crippen LogP) is -3.06. The minimum Gasteiger partial charge on any atom is -1.00 e. The Bertz CT molecular complexity index is 388. The zero-order valence-electron chi connectivity index (χ0n) is 10.2. The van der Waals surface area contributed by atoms with Gasteiger partial charge >= 0.3 is 41.5 Å². The maximum absolute atomic E-state index is 10.9. The maximum Gasteiger partial charge on any atom is 1.00 e. The molecule has 0 aromatic rings. The van der Waals surface area contributed by atoms with Crippen molar-refractivity contribution in [3.63, 3.8) is 0 Å². The summed E-state index contributed by atoms with van der Waals surface area (Å²) in [4.78, 5) is 21.5. The van der Waals surface area contributed by atoms with Crippen LogP contribution >= 0.6 is 0 Å². The van der Waals surface area contributed by atoms with Gasteiger partial charge in [-0.15, -0.1) is 0 Å². The first-order valence-electron chi connectivity index (χ1n) is 4.63. The van der Waals surface area contributed by atoms with E-state index in [-0.39, 0.29) is 50.2 Å². The van der Waals surface area contributed by atoms with Gasteiger partial charge in [0.1, 0.15) is 0 Å². The second kappa shape index (κ2) is 6.14. The number of rotatable bonds is 3. The second-order valence-corrected chi connectivity index (χ2v) is 5.61. The van der Waals surface area contributed by atoms with Crippen LogP contribution in [0.4, 0.5) is 0 Å². The van der Waals surface area contributed by atoms with Crippen molar-refractivity contribution >= 4 is 22.1 Å². The third-order valence-electron chi connectivity index (χ3n) is 2.78. The average molecular weight is 276 g/mol. The molecule has 0 radical (unpaired) electrons. The molecular weight excluding hydrogens is 263 g/mol. The van der Waals surface area contributed by atoms with Crippen molar-refractivity contribution < 1.29 is 63.8 Å². The molecule has 0 saturated heterocycles. The van der Waals surface area contributed by atoms with Crippen LogP contribution in [-0.2, 0) is 19.7 Å². The number of hydrogen-bond donors (Lipinski definition) is 3. The van der Waals surface area contributed by atoms with E-state index in [4.69, 9.17) is 14.8 Å². The van der Waals surface area contributed by atoms with Crippen LogP contribution < -0.4 is 29.6 Å². The Morgan fingerprint density at radius 3 is 1.59 bits per heavy atom. The molecule has 9 heteroatoms. The van der Waals surface area contributed by atoms with Gasteiger partial charge in [-0.3, -0.25) is 14.1 Å². The molecule has 0 amide bonds. The molecule has 0 aliphatic heterocycles. The topological polar surface area (TPSA) is 129 Å². The van der Waals surface area contributed by atoms with Gasteiger partial charge in [-0.2, -0.15) is 8.42 Å². The fraction of sp³-hybridized carbons (Fsp3) is 0.750. The molecule has 2 atom stereocenters. The summed E-state index contributed by atoms with van der Waals surface area (Å²) in [5, 5.41) is 16.2. The molecule has 0 spiro atoms. The number of carbonyl (C=O) groups is 2. The van der Waals surface area contributed by atoms with Gasteiger partial charge in [-0.1, -0.05) is 0 Å². The Balaban J connectivity index is 0. The molecule has 1 rings (SSSR count). The Kier molecular flexibility index (Phi) is 6.09. The maximum atomic E-state index is 10.9. The van der Waals surface area contributed by atoms with Crippen molar-refractivity contribution in [2.75, 3.05) is 0 Å². The summed E-state index contributed by atoms with van der Waals surface area (Å²) in [6.07, 6.45) is -0.577. The van der Waals surface area contributed by atoms with Crippen LogP contribution in [0.25, 0.3) is 0 Å². The van der Waals surface area contributed by atoms with E-state index in [1.54, 1.807) is 0 Å². The smallest absolute Gasteiger partial charge is 1.00 e. The molecule has 1 fully saturated rings. The number of carboxylic acid groups (broad SMARTS) is 2. The van der Waals surface area contributed by atoms with Crippen LogP contribution in [0.1, 0.15) is 20.7 Å². The molecule has 1 aliphatic carbocycles. The summed E-state index contributed by atoms with van der Waals surface area (Å²) < 4.78 is 30.6. The predicted molar refractivity (Wildman–Crippen MR) is 52.6 cm³/mol. The summed E-state index contributed by atoms with van der Waals surface area (Å²) in [5.41, 5.74) is 0. The van der Waals surface area contributed by atoms with Gasteiger partial charge < -0.3 is 11.6 Å². The first kappa shape index (κ1) is 16.9. The van der Waals surface area contributed by atoms with Gasteiger partial charge in [0.2, 0.25) is 0 Å². The number of carboxylic acids is 2. The Morgan fingerprint density at radius 1 is 1.00 bits per heavy atom. The summed E-state index contributed by atoms with van der Waals surface area (Å²) in [5.74, 6) is -4.55. The minimum atomic E-state index is -4.39. The Morgan fingerprint density at radius 2 is 1.35 bits per heavy atom. The van der Waals surface area contributed by atoms with Gasteiger partial charge in [-0.25, -0.2) is 0 Å². The third kappa shape index (κ3) is 4.55. The fourth-order valence-electron chi connectivity index (χ4n) is 1.91. The molecule has 2 unspecified atom stereocenters. The monoisotopic (exact) mass is 276 g/mol. The summed E-state index contributed by atoms with van der Waals surface area (Å²) in [7, 11) is -4.39. The van der Waals surface area contributed by atoms with E-state index in [2.05, 4.69) is 0 Å². The van der Waals surface area contributed by atoms with Crippen LogP contribution in [0, 0.1) is 11.8 Å². The largest absolute Gasteiger partial charge is 1.00 e. The van der Waals surface area contributed by atoms with E-state index in [9.17, 15) is 18.0 Å². The molecule has 0 aromatic carbocycles. The average Bonchev–Trinajstić information content (AvgIpc) is 2.15. The van der Waals surface area contributed by atoms with Crippen LogP contribution in [0.3, 0.4) is 0 Å². The number of aliphatic carboxylic acids is 2. The van der Waals surface area contributed by atoms with E-state index in [1.165, 1.54) is 0 Å². The molecule has 1 saturated carbocycles. The third-order valence-corrected chi connectivity index (χ3v) is 4.01. The SMILES string of the molecule is O=C(O)C1CC(C(=O)O)CC(S(=O)(=O)O)C1.[H-].[Na+]. The van der Waals surface area contributed by atoms with Crippen LogP contribution in [0.5, 0.6) is 0 Å². The zero-order valence-corrected chi connectivity index (χ0v) is 12.1. The van der Waals surface area contributed by atoms with Gasteiger partial charge in [0, 0.05) is 0 Å². The normalized spacial score (nSPS) is 29.1. The van der Waals surface area contributed by atoms with Crippen molar-refractivity contribution in [2.24, 2.45) is 11.8 Å². The van der Waals surface area contributed by atoms with E-state index < -0.39 is 39.1 Å². The fourth-order valence-corrected chi connectivity index (χ4v) is 2.86. The summed E-state index contributed by atoms with van der Waals surface area (Å²) in [6.45, 7) is 0. The van der Waals surface area contributed by atoms with Crippen molar-refractivity contribution in [2.45, 2.75) is 24.5 Å². The van der Waals surface area contributed by atoms with E-state index in [0.29, 0.717) is 0 Å². The Hall–Kier alpha value is -0.150. The van der Waals surface area contributed by atoms with E-state index in [0.717, 1.165) is 0 Å². The van der Waals surface area contributed by atoms with Crippen LogP contribution in [0.2, 0.25) is 0 Å². The van der Waals surface area contributed by atoms with Crippen LogP contribution in [0.15, 0.2) is 0 Å². The molecule has 0 aromatic heterocycles. The molecular formula is C8H13NaO7S. The van der Waals surface area contributed by atoms with Gasteiger partial charge in [-0.05, 0) is 19.3 Å². The summed E-state index contributed by atoms with van der Waals surface area (Å²) in [6, 6.07) is 0. The first-order chi connectivity index (χ1) is 7.21. The molecule has 94 valence electrons. The van der Waals surface area contributed by atoms with Gasteiger partial charge in [0.25, 0.3) is 10.1 Å². The molecule has 7 nitrogen and oxygen atoms in total. The van der Waals surface area contributed by atoms with Gasteiger partial charge in [0.05, 0.1) is 17.1 Å². The zero-order chi connectivity index (χ0) is 12.5. The summed E-state index contributed by atoms with van der Waals surface area (Å²) >= 11 is 0. The van der Waals surface area contributed by atoms with Crippen LogP contribution in [-0.4, -0.2) is 40.4 Å². The van der Waals surface area contributed by atoms with Crippen molar-refractivity contribution in [3.8, 4) is 0 Å². The first-order valence-corrected chi connectivity index (χ1v) is 6.14. The number of hydrogen-bond acceptors (Lipinski definition) is 4. The molecule has 0 heterocycles. The van der Waals surface area contributed by atoms with Crippen molar-refractivity contribution in [3.05, 3.63) is 0 Å².